The number of piperidine rings is 1. The van der Waals surface area contributed by atoms with Gasteiger partial charge in [-0.3, -0.25) is 24.8 Å². The highest BCUT2D eigenvalue weighted by Crippen LogP contribution is 2.35. The first-order valence-electron chi connectivity index (χ1n) is 12.0. The number of amides is 4. The number of anilines is 1. The quantitative estimate of drug-likeness (QED) is 0.366. The molecule has 2 aliphatic heterocycles. The van der Waals surface area contributed by atoms with E-state index in [0.29, 0.717) is 31.8 Å². The smallest absolute Gasteiger partial charge is 0.319 e. The van der Waals surface area contributed by atoms with Crippen LogP contribution in [0.15, 0.2) is 67.0 Å². The number of nitrogens with zero attached hydrogens (tertiary/aromatic N) is 2. The molecule has 4 N–H and O–H groups in total. The maximum absolute atomic E-state index is 12.4. The summed E-state index contributed by atoms with van der Waals surface area (Å²) in [6.45, 7) is 1.09. The molecule has 0 spiro atoms. The molecule has 1 saturated heterocycles. The van der Waals surface area contributed by atoms with Crippen LogP contribution >= 0.6 is 0 Å². The predicted molar refractivity (Wildman–Crippen MR) is 134 cm³/mol. The van der Waals surface area contributed by atoms with Gasteiger partial charge in [-0.25, -0.2) is 4.79 Å². The predicted octanol–water partition coefficient (Wildman–Crippen LogP) is 2.59. The van der Waals surface area contributed by atoms with Crippen molar-refractivity contribution >= 4 is 23.5 Å². The number of benzene rings is 2. The summed E-state index contributed by atoms with van der Waals surface area (Å²) in [4.78, 5) is 41.8. The number of fused-ring (bicyclic) bond motifs is 1. The minimum atomic E-state index is -0.915. The minimum Gasteiger partial charge on any atom is -0.489 e. The lowest BCUT2D eigenvalue weighted by atomic mass is 10.0. The van der Waals surface area contributed by atoms with E-state index in [1.165, 1.54) is 0 Å². The molecule has 190 valence electrons. The summed E-state index contributed by atoms with van der Waals surface area (Å²) in [6, 6.07) is 15.6. The summed E-state index contributed by atoms with van der Waals surface area (Å²) in [7, 11) is 0. The highest BCUT2D eigenvalue weighted by atomic mass is 16.5. The van der Waals surface area contributed by atoms with E-state index in [0.717, 1.165) is 28.0 Å². The standard InChI is InChI=1S/C27H27N5O5/c33-24-8-7-23(25(34)31-24)32-15-19-13-18(3-6-22(19)26(32)35)14-29-27(36)30-20-4-1-17(2-5-20)16-37-21-9-11-28-12-10-21/h1-6,9-13,23,26,35H,7-8,14-16H2,(H2,29,30,36)(H,31,33,34). The summed E-state index contributed by atoms with van der Waals surface area (Å²) in [6.07, 6.45) is 3.06. The molecule has 0 saturated carbocycles. The van der Waals surface area contributed by atoms with Crippen molar-refractivity contribution in [3.8, 4) is 5.75 Å². The number of carbonyl (C=O) groups excluding carboxylic acids is 3. The van der Waals surface area contributed by atoms with Gasteiger partial charge in [0.25, 0.3) is 0 Å². The Morgan fingerprint density at radius 1 is 1.08 bits per heavy atom. The summed E-state index contributed by atoms with van der Waals surface area (Å²) >= 11 is 0. The monoisotopic (exact) mass is 501 g/mol. The molecule has 37 heavy (non-hydrogen) atoms. The fourth-order valence-electron chi connectivity index (χ4n) is 4.54. The zero-order valence-corrected chi connectivity index (χ0v) is 20.0. The van der Waals surface area contributed by atoms with Gasteiger partial charge in [-0.05, 0) is 52.9 Å². The van der Waals surface area contributed by atoms with Crippen LogP contribution in [-0.4, -0.2) is 38.9 Å². The van der Waals surface area contributed by atoms with Gasteiger partial charge in [-0.15, -0.1) is 0 Å². The zero-order chi connectivity index (χ0) is 25.8. The second kappa shape index (κ2) is 10.8. The summed E-state index contributed by atoms with van der Waals surface area (Å²) in [5.74, 6) is 0.0716. The van der Waals surface area contributed by atoms with Crippen LogP contribution in [0, 0.1) is 0 Å². The Balaban J connectivity index is 1.12. The van der Waals surface area contributed by atoms with Crippen LogP contribution < -0.4 is 20.7 Å². The van der Waals surface area contributed by atoms with Crippen molar-refractivity contribution in [1.29, 1.82) is 0 Å². The van der Waals surface area contributed by atoms with Crippen molar-refractivity contribution in [1.82, 2.24) is 20.5 Å². The number of urea groups is 1. The molecule has 0 radical (unpaired) electrons. The van der Waals surface area contributed by atoms with Crippen molar-refractivity contribution in [3.05, 3.63) is 89.2 Å². The van der Waals surface area contributed by atoms with Crippen LogP contribution in [0.2, 0.25) is 0 Å². The molecule has 2 aliphatic rings. The summed E-state index contributed by atoms with van der Waals surface area (Å²) in [5.41, 5.74) is 4.11. The van der Waals surface area contributed by atoms with Gasteiger partial charge in [0.05, 0.1) is 6.04 Å². The number of hydrogen-bond donors (Lipinski definition) is 4. The van der Waals surface area contributed by atoms with Gasteiger partial charge >= 0.3 is 6.03 Å². The van der Waals surface area contributed by atoms with Crippen LogP contribution in [0.3, 0.4) is 0 Å². The summed E-state index contributed by atoms with van der Waals surface area (Å²) < 4.78 is 5.70. The normalized spacial score (nSPS) is 19.2. The Hall–Kier alpha value is -4.28. The third-order valence-electron chi connectivity index (χ3n) is 6.48. The van der Waals surface area contributed by atoms with Crippen LogP contribution in [0.25, 0.3) is 0 Å². The van der Waals surface area contributed by atoms with E-state index in [9.17, 15) is 19.5 Å². The highest BCUT2D eigenvalue weighted by Gasteiger charge is 2.39. The number of aliphatic hydroxyl groups is 1. The minimum absolute atomic E-state index is 0.252. The van der Waals surface area contributed by atoms with Crippen molar-refractivity contribution < 1.29 is 24.2 Å². The topological polar surface area (TPSA) is 133 Å². The van der Waals surface area contributed by atoms with E-state index in [1.807, 2.05) is 42.5 Å². The first-order chi connectivity index (χ1) is 18.0. The molecular weight excluding hydrogens is 474 g/mol. The Kier molecular flexibility index (Phi) is 7.11. The van der Waals surface area contributed by atoms with Gasteiger partial charge in [-0.1, -0.05) is 30.3 Å². The lowest BCUT2D eigenvalue weighted by Crippen LogP contribution is -2.51. The van der Waals surface area contributed by atoms with E-state index in [4.69, 9.17) is 4.74 Å². The van der Waals surface area contributed by atoms with Gasteiger partial charge in [0.15, 0.2) is 0 Å². The fraction of sp³-hybridized carbons (Fsp3) is 0.259. The molecule has 5 rings (SSSR count). The van der Waals surface area contributed by atoms with Crippen LogP contribution in [0.4, 0.5) is 10.5 Å². The summed E-state index contributed by atoms with van der Waals surface area (Å²) in [5, 5.41) is 18.7. The van der Waals surface area contributed by atoms with Crippen molar-refractivity contribution in [3.63, 3.8) is 0 Å². The number of aliphatic hydroxyl groups excluding tert-OH is 1. The van der Waals surface area contributed by atoms with Crippen molar-refractivity contribution in [2.24, 2.45) is 0 Å². The molecule has 2 atom stereocenters. The van der Waals surface area contributed by atoms with E-state index in [2.05, 4.69) is 20.9 Å². The molecule has 2 aromatic carbocycles. The van der Waals surface area contributed by atoms with Gasteiger partial charge in [0.2, 0.25) is 11.8 Å². The molecule has 2 unspecified atom stereocenters. The molecule has 0 bridgehead atoms. The molecule has 0 aliphatic carbocycles. The Labute approximate surface area is 213 Å². The zero-order valence-electron chi connectivity index (χ0n) is 20.0. The molecule has 3 heterocycles. The largest absolute Gasteiger partial charge is 0.489 e. The van der Waals surface area contributed by atoms with Crippen LogP contribution in [-0.2, 0) is 29.3 Å². The molecule has 3 aromatic rings. The average Bonchev–Trinajstić information content (AvgIpc) is 3.23. The van der Waals surface area contributed by atoms with E-state index in [-0.39, 0.29) is 24.3 Å². The Morgan fingerprint density at radius 3 is 2.59 bits per heavy atom. The number of aromatic nitrogens is 1. The van der Waals surface area contributed by atoms with Crippen molar-refractivity contribution in [2.45, 2.75) is 44.8 Å². The molecule has 1 aromatic heterocycles. The van der Waals surface area contributed by atoms with Gasteiger partial charge < -0.3 is 20.5 Å². The van der Waals surface area contributed by atoms with Crippen molar-refractivity contribution in [2.75, 3.05) is 5.32 Å². The number of carbonyl (C=O) groups is 3. The van der Waals surface area contributed by atoms with Gasteiger partial charge in [0, 0.05) is 37.6 Å². The average molecular weight is 502 g/mol. The third-order valence-corrected chi connectivity index (χ3v) is 6.48. The second-order valence-electron chi connectivity index (χ2n) is 9.02. The molecule has 4 amide bonds. The first-order valence-corrected chi connectivity index (χ1v) is 12.0. The number of imide groups is 1. The SMILES string of the molecule is O=C1CCC(N2Cc3cc(CNC(=O)Nc4ccc(COc5ccncc5)cc4)ccc3C2O)C(=O)N1. The Bertz CT molecular complexity index is 1300. The maximum atomic E-state index is 12.4. The van der Waals surface area contributed by atoms with E-state index >= 15 is 0 Å². The number of nitrogens with one attached hydrogen (secondary N) is 3. The van der Waals surface area contributed by atoms with Gasteiger partial charge in [-0.2, -0.15) is 0 Å². The molecular formula is C27H27N5O5. The molecule has 1 fully saturated rings. The number of hydrogen-bond acceptors (Lipinski definition) is 7. The lowest BCUT2D eigenvalue weighted by Gasteiger charge is -2.31. The number of pyridine rings is 1. The fourth-order valence-corrected chi connectivity index (χ4v) is 4.54. The number of rotatable bonds is 7. The number of ether oxygens (including phenoxy) is 1. The molecule has 10 nitrogen and oxygen atoms in total. The van der Waals surface area contributed by atoms with E-state index < -0.39 is 12.3 Å². The first kappa shape index (κ1) is 24.4. The van der Waals surface area contributed by atoms with Crippen LogP contribution in [0.5, 0.6) is 5.75 Å². The maximum Gasteiger partial charge on any atom is 0.319 e. The Morgan fingerprint density at radius 2 is 1.84 bits per heavy atom. The lowest BCUT2D eigenvalue weighted by molar-refractivity contribution is -0.141. The highest BCUT2D eigenvalue weighted by molar-refractivity contribution is 6.00. The molecule has 10 heteroatoms. The second-order valence-corrected chi connectivity index (χ2v) is 9.02. The third kappa shape index (κ3) is 5.76. The van der Waals surface area contributed by atoms with Gasteiger partial charge in [0.1, 0.15) is 18.6 Å². The van der Waals surface area contributed by atoms with Crippen LogP contribution in [0.1, 0.15) is 41.3 Å². The van der Waals surface area contributed by atoms with E-state index in [1.54, 1.807) is 29.4 Å².